The van der Waals surface area contributed by atoms with E-state index in [2.05, 4.69) is 10.2 Å². The number of carbonyl (C=O) groups is 1. The number of hydrogen-bond acceptors (Lipinski definition) is 4. The highest BCUT2D eigenvalue weighted by atomic mass is 19.4. The standard InChI is InChI=1S/C15H20F3N3O2/c1-11-2-3-13(20-19-11)23-10-12-5-8-21(9-6-12)14(22)4-7-15(16,17)18/h2-3,12H,4-10H2,1H3. The molecule has 2 rings (SSSR count). The minimum Gasteiger partial charge on any atom is -0.476 e. The molecular weight excluding hydrogens is 311 g/mol. The average molecular weight is 331 g/mol. The SMILES string of the molecule is Cc1ccc(OCC2CCN(C(=O)CCC(F)(F)F)CC2)nn1. The Morgan fingerprint density at radius 1 is 1.30 bits per heavy atom. The molecule has 2 heterocycles. The van der Waals surface area contributed by atoms with Crippen LogP contribution in [0.15, 0.2) is 12.1 Å². The maximum Gasteiger partial charge on any atom is 0.389 e. The Balaban J connectivity index is 1.69. The molecule has 1 aliphatic heterocycles. The van der Waals surface area contributed by atoms with Crippen LogP contribution in [0.5, 0.6) is 5.88 Å². The molecule has 1 aromatic rings. The molecule has 1 aromatic heterocycles. The van der Waals surface area contributed by atoms with Gasteiger partial charge in [-0.25, -0.2) is 0 Å². The number of alkyl halides is 3. The van der Waals surface area contributed by atoms with E-state index in [-0.39, 0.29) is 5.92 Å². The topological polar surface area (TPSA) is 55.3 Å². The summed E-state index contributed by atoms with van der Waals surface area (Å²) in [5.41, 5.74) is 0.808. The number of hydrogen-bond donors (Lipinski definition) is 0. The summed E-state index contributed by atoms with van der Waals surface area (Å²) in [5, 5.41) is 7.81. The van der Waals surface area contributed by atoms with Gasteiger partial charge < -0.3 is 9.64 Å². The number of aromatic nitrogens is 2. The van der Waals surface area contributed by atoms with E-state index >= 15 is 0 Å². The summed E-state index contributed by atoms with van der Waals surface area (Å²) in [5.74, 6) is 0.301. The number of piperidine rings is 1. The summed E-state index contributed by atoms with van der Waals surface area (Å²) in [6, 6.07) is 3.56. The van der Waals surface area contributed by atoms with Gasteiger partial charge >= 0.3 is 6.18 Å². The van der Waals surface area contributed by atoms with Gasteiger partial charge in [0.15, 0.2) is 0 Å². The number of rotatable bonds is 5. The first-order valence-corrected chi connectivity index (χ1v) is 7.61. The van der Waals surface area contributed by atoms with Crippen LogP contribution in [0.4, 0.5) is 13.2 Å². The maximum atomic E-state index is 12.1. The molecule has 1 saturated heterocycles. The van der Waals surface area contributed by atoms with Crippen molar-refractivity contribution in [1.82, 2.24) is 15.1 Å². The quantitative estimate of drug-likeness (QED) is 0.832. The van der Waals surface area contributed by atoms with Crippen LogP contribution in [0, 0.1) is 12.8 Å². The Hall–Kier alpha value is -1.86. The zero-order valence-electron chi connectivity index (χ0n) is 13.0. The molecule has 128 valence electrons. The largest absolute Gasteiger partial charge is 0.476 e. The first-order chi connectivity index (χ1) is 10.8. The molecule has 8 heteroatoms. The van der Waals surface area contributed by atoms with Gasteiger partial charge in [-0.2, -0.15) is 18.3 Å². The summed E-state index contributed by atoms with van der Waals surface area (Å²) in [7, 11) is 0. The number of amides is 1. The molecule has 5 nitrogen and oxygen atoms in total. The number of likely N-dealkylation sites (tertiary alicyclic amines) is 1. The lowest BCUT2D eigenvalue weighted by Gasteiger charge is -2.32. The minimum atomic E-state index is -4.28. The van der Waals surface area contributed by atoms with Crippen LogP contribution >= 0.6 is 0 Å². The zero-order valence-corrected chi connectivity index (χ0v) is 13.0. The van der Waals surface area contributed by atoms with Gasteiger partial charge in [-0.15, -0.1) is 5.10 Å². The number of nitrogens with zero attached hydrogens (tertiary/aromatic N) is 3. The predicted octanol–water partition coefficient (Wildman–Crippen LogP) is 2.74. The Morgan fingerprint density at radius 2 is 2.00 bits per heavy atom. The Morgan fingerprint density at radius 3 is 2.57 bits per heavy atom. The monoisotopic (exact) mass is 331 g/mol. The lowest BCUT2D eigenvalue weighted by molar-refractivity contribution is -0.149. The molecule has 0 unspecified atom stereocenters. The average Bonchev–Trinajstić information content (AvgIpc) is 2.52. The number of carbonyl (C=O) groups excluding carboxylic acids is 1. The van der Waals surface area contributed by atoms with Gasteiger partial charge in [0, 0.05) is 25.6 Å². The van der Waals surface area contributed by atoms with Crippen LogP contribution in [0.2, 0.25) is 0 Å². The molecule has 0 bridgehead atoms. The van der Waals surface area contributed by atoms with Crippen LogP contribution in [0.1, 0.15) is 31.4 Å². The van der Waals surface area contributed by atoms with Crippen LogP contribution in [0.3, 0.4) is 0 Å². The third-order valence-electron chi connectivity index (χ3n) is 3.83. The molecule has 1 aliphatic rings. The second-order valence-electron chi connectivity index (χ2n) is 5.76. The molecule has 0 spiro atoms. The van der Waals surface area contributed by atoms with Crippen molar-refractivity contribution >= 4 is 5.91 Å². The lowest BCUT2D eigenvalue weighted by Crippen LogP contribution is -2.40. The fourth-order valence-electron chi connectivity index (χ4n) is 2.42. The third kappa shape index (κ3) is 6.03. The van der Waals surface area contributed by atoms with E-state index in [9.17, 15) is 18.0 Å². The molecule has 23 heavy (non-hydrogen) atoms. The predicted molar refractivity (Wildman–Crippen MR) is 76.9 cm³/mol. The van der Waals surface area contributed by atoms with Gasteiger partial charge in [0.05, 0.1) is 18.7 Å². The normalized spacial score (nSPS) is 16.4. The minimum absolute atomic E-state index is 0.268. The molecular formula is C15H20F3N3O2. The van der Waals surface area contributed by atoms with Crippen molar-refractivity contribution < 1.29 is 22.7 Å². The van der Waals surface area contributed by atoms with Crippen molar-refractivity contribution in [2.24, 2.45) is 5.92 Å². The third-order valence-corrected chi connectivity index (χ3v) is 3.83. The van der Waals surface area contributed by atoms with E-state index in [1.807, 2.05) is 13.0 Å². The zero-order chi connectivity index (χ0) is 16.9. The highest BCUT2D eigenvalue weighted by Gasteiger charge is 2.30. The van der Waals surface area contributed by atoms with E-state index in [0.29, 0.717) is 25.6 Å². The molecule has 0 saturated carbocycles. The summed E-state index contributed by atoms with van der Waals surface area (Å²) < 4.78 is 42.0. The summed E-state index contributed by atoms with van der Waals surface area (Å²) in [6.07, 6.45) is -4.37. The fourth-order valence-corrected chi connectivity index (χ4v) is 2.42. The van der Waals surface area contributed by atoms with Crippen molar-refractivity contribution in [3.8, 4) is 5.88 Å². The smallest absolute Gasteiger partial charge is 0.389 e. The molecule has 0 aromatic carbocycles. The number of ether oxygens (including phenoxy) is 1. The van der Waals surface area contributed by atoms with Crippen molar-refractivity contribution in [3.05, 3.63) is 17.8 Å². The van der Waals surface area contributed by atoms with E-state index in [1.165, 1.54) is 4.90 Å². The fraction of sp³-hybridized carbons (Fsp3) is 0.667. The van der Waals surface area contributed by atoms with Gasteiger partial charge in [-0.05, 0) is 31.7 Å². The Labute approximate surface area is 132 Å². The van der Waals surface area contributed by atoms with E-state index in [4.69, 9.17) is 4.74 Å². The van der Waals surface area contributed by atoms with Crippen molar-refractivity contribution in [3.63, 3.8) is 0 Å². The van der Waals surface area contributed by atoms with Crippen molar-refractivity contribution in [1.29, 1.82) is 0 Å². The van der Waals surface area contributed by atoms with E-state index in [0.717, 1.165) is 18.5 Å². The maximum absolute atomic E-state index is 12.1. The van der Waals surface area contributed by atoms with Crippen LogP contribution in [-0.2, 0) is 4.79 Å². The van der Waals surface area contributed by atoms with Gasteiger partial charge in [0.2, 0.25) is 11.8 Å². The summed E-state index contributed by atoms with van der Waals surface area (Å²) in [6.45, 7) is 3.26. The molecule has 0 radical (unpaired) electrons. The second-order valence-corrected chi connectivity index (χ2v) is 5.76. The van der Waals surface area contributed by atoms with E-state index < -0.39 is 24.9 Å². The van der Waals surface area contributed by atoms with E-state index in [1.54, 1.807) is 6.07 Å². The molecule has 0 aliphatic carbocycles. The molecule has 1 fully saturated rings. The van der Waals surface area contributed by atoms with Gasteiger partial charge in [-0.1, -0.05) is 0 Å². The second kappa shape index (κ2) is 7.61. The van der Waals surface area contributed by atoms with Gasteiger partial charge in [0.25, 0.3) is 0 Å². The Bertz CT molecular complexity index is 512. The first-order valence-electron chi connectivity index (χ1n) is 7.61. The summed E-state index contributed by atoms with van der Waals surface area (Å²) in [4.78, 5) is 13.2. The summed E-state index contributed by atoms with van der Waals surface area (Å²) >= 11 is 0. The lowest BCUT2D eigenvalue weighted by atomic mass is 9.97. The first kappa shape index (κ1) is 17.5. The van der Waals surface area contributed by atoms with Gasteiger partial charge in [-0.3, -0.25) is 4.79 Å². The highest BCUT2D eigenvalue weighted by molar-refractivity contribution is 5.76. The van der Waals surface area contributed by atoms with Crippen LogP contribution in [0.25, 0.3) is 0 Å². The molecule has 0 atom stereocenters. The highest BCUT2D eigenvalue weighted by Crippen LogP contribution is 2.24. The van der Waals surface area contributed by atoms with Crippen LogP contribution in [-0.4, -0.2) is 46.9 Å². The van der Waals surface area contributed by atoms with Crippen molar-refractivity contribution in [2.75, 3.05) is 19.7 Å². The number of aryl methyl sites for hydroxylation is 1. The van der Waals surface area contributed by atoms with Gasteiger partial charge in [0.1, 0.15) is 0 Å². The van der Waals surface area contributed by atoms with Crippen molar-refractivity contribution in [2.45, 2.75) is 38.8 Å². The Kier molecular flexibility index (Phi) is 5.79. The molecule has 1 amide bonds. The number of halogens is 3. The molecule has 0 N–H and O–H groups in total. The van der Waals surface area contributed by atoms with Crippen LogP contribution < -0.4 is 4.74 Å².